The van der Waals surface area contributed by atoms with Gasteiger partial charge in [0.05, 0.1) is 16.0 Å². The van der Waals surface area contributed by atoms with Crippen LogP contribution in [-0.4, -0.2) is 22.7 Å². The van der Waals surface area contributed by atoms with E-state index in [2.05, 4.69) is 5.32 Å². The standard InChI is InChI=1S/C12H15ClN2O3/c13-10-2-1-3-11(15(17)18)12(10)14-7-8-4-5-9(16)6-8/h1-3,8-9,14,16H,4-7H2. The Bertz CT molecular complexity index is 453. The molecule has 98 valence electrons. The van der Waals surface area contributed by atoms with Crippen molar-refractivity contribution in [2.75, 3.05) is 11.9 Å². The summed E-state index contributed by atoms with van der Waals surface area (Å²) in [5.74, 6) is 0.343. The predicted molar refractivity (Wildman–Crippen MR) is 69.9 cm³/mol. The molecule has 5 nitrogen and oxygen atoms in total. The van der Waals surface area contributed by atoms with E-state index in [0.29, 0.717) is 23.2 Å². The highest BCUT2D eigenvalue weighted by Gasteiger charge is 2.24. The van der Waals surface area contributed by atoms with Crippen LogP contribution in [0.5, 0.6) is 0 Å². The molecular weight excluding hydrogens is 256 g/mol. The summed E-state index contributed by atoms with van der Waals surface area (Å²) in [4.78, 5) is 10.4. The molecule has 2 unspecified atom stereocenters. The van der Waals surface area contributed by atoms with Gasteiger partial charge < -0.3 is 10.4 Å². The number of anilines is 1. The van der Waals surface area contributed by atoms with E-state index in [9.17, 15) is 15.2 Å². The van der Waals surface area contributed by atoms with E-state index in [1.807, 2.05) is 0 Å². The van der Waals surface area contributed by atoms with Crippen molar-refractivity contribution in [2.24, 2.45) is 5.92 Å². The number of aliphatic hydroxyl groups is 1. The van der Waals surface area contributed by atoms with Crippen LogP contribution in [0.1, 0.15) is 19.3 Å². The Balaban J connectivity index is 2.06. The highest BCUT2D eigenvalue weighted by molar-refractivity contribution is 6.33. The van der Waals surface area contributed by atoms with Gasteiger partial charge in [-0.05, 0) is 31.2 Å². The lowest BCUT2D eigenvalue weighted by atomic mass is 10.1. The van der Waals surface area contributed by atoms with E-state index in [4.69, 9.17) is 11.6 Å². The summed E-state index contributed by atoms with van der Waals surface area (Å²) in [5.41, 5.74) is 0.353. The minimum Gasteiger partial charge on any atom is -0.393 e. The minimum absolute atomic E-state index is 0.0129. The zero-order valence-corrected chi connectivity index (χ0v) is 10.6. The number of para-hydroxylation sites is 1. The Morgan fingerprint density at radius 3 is 2.89 bits per heavy atom. The first kappa shape index (κ1) is 13.1. The SMILES string of the molecule is O=[N+]([O-])c1cccc(Cl)c1NCC1CCC(O)C1. The molecule has 0 saturated heterocycles. The first-order valence-corrected chi connectivity index (χ1v) is 6.30. The molecule has 0 amide bonds. The van der Waals surface area contributed by atoms with Crippen molar-refractivity contribution in [3.8, 4) is 0 Å². The van der Waals surface area contributed by atoms with Gasteiger partial charge in [-0.1, -0.05) is 17.7 Å². The molecular formula is C12H15ClN2O3. The van der Waals surface area contributed by atoms with Crippen LogP contribution >= 0.6 is 11.6 Å². The van der Waals surface area contributed by atoms with Crippen molar-refractivity contribution >= 4 is 23.0 Å². The molecule has 18 heavy (non-hydrogen) atoms. The molecule has 1 saturated carbocycles. The molecule has 1 aliphatic rings. The highest BCUT2D eigenvalue weighted by atomic mass is 35.5. The summed E-state index contributed by atoms with van der Waals surface area (Å²) in [7, 11) is 0. The average Bonchev–Trinajstić information content (AvgIpc) is 2.73. The second kappa shape index (κ2) is 5.54. The normalized spacial score (nSPS) is 23.0. The number of nitrogens with zero attached hydrogens (tertiary/aromatic N) is 1. The monoisotopic (exact) mass is 270 g/mol. The Hall–Kier alpha value is -1.33. The summed E-state index contributed by atoms with van der Waals surface area (Å²) in [6, 6.07) is 4.61. The number of hydrogen-bond acceptors (Lipinski definition) is 4. The molecule has 1 aliphatic carbocycles. The second-order valence-electron chi connectivity index (χ2n) is 4.60. The molecule has 0 bridgehead atoms. The molecule has 6 heteroatoms. The number of halogens is 1. The lowest BCUT2D eigenvalue weighted by Gasteiger charge is -2.13. The second-order valence-corrected chi connectivity index (χ2v) is 5.01. The van der Waals surface area contributed by atoms with Crippen LogP contribution in [0.2, 0.25) is 5.02 Å². The molecule has 2 atom stereocenters. The van der Waals surface area contributed by atoms with E-state index in [-0.39, 0.29) is 11.8 Å². The smallest absolute Gasteiger partial charge is 0.293 e. The third-order valence-corrected chi connectivity index (χ3v) is 3.58. The van der Waals surface area contributed by atoms with Crippen LogP contribution in [0, 0.1) is 16.0 Å². The first-order chi connectivity index (χ1) is 8.58. The molecule has 2 rings (SSSR count). The van der Waals surface area contributed by atoms with E-state index in [0.717, 1.165) is 19.3 Å². The van der Waals surface area contributed by atoms with Crippen molar-refractivity contribution < 1.29 is 10.0 Å². The molecule has 0 aromatic heterocycles. The minimum atomic E-state index is -0.447. The maximum Gasteiger partial charge on any atom is 0.293 e. The van der Waals surface area contributed by atoms with Crippen LogP contribution < -0.4 is 5.32 Å². The van der Waals surface area contributed by atoms with Crippen molar-refractivity contribution in [2.45, 2.75) is 25.4 Å². The number of nitro benzene ring substituents is 1. The summed E-state index contributed by atoms with van der Waals surface area (Å²) in [6.07, 6.45) is 2.24. The molecule has 1 aromatic rings. The van der Waals surface area contributed by atoms with Crippen molar-refractivity contribution in [1.82, 2.24) is 0 Å². The zero-order chi connectivity index (χ0) is 13.1. The summed E-state index contributed by atoms with van der Waals surface area (Å²) in [6.45, 7) is 0.599. The van der Waals surface area contributed by atoms with Gasteiger partial charge in [-0.3, -0.25) is 10.1 Å². The van der Waals surface area contributed by atoms with Crippen molar-refractivity contribution in [3.63, 3.8) is 0 Å². The summed E-state index contributed by atoms with van der Waals surface area (Å²) >= 11 is 5.97. The third-order valence-electron chi connectivity index (χ3n) is 3.27. The molecule has 0 radical (unpaired) electrons. The number of nitro groups is 1. The third kappa shape index (κ3) is 2.91. The number of benzene rings is 1. The van der Waals surface area contributed by atoms with Crippen LogP contribution in [0.3, 0.4) is 0 Å². The van der Waals surface area contributed by atoms with Gasteiger partial charge in [0.2, 0.25) is 0 Å². The Morgan fingerprint density at radius 2 is 2.28 bits per heavy atom. The molecule has 2 N–H and O–H groups in total. The Morgan fingerprint density at radius 1 is 1.50 bits per heavy atom. The molecule has 0 heterocycles. The van der Waals surface area contributed by atoms with E-state index in [1.54, 1.807) is 12.1 Å². The average molecular weight is 271 g/mol. The number of hydrogen-bond donors (Lipinski definition) is 2. The van der Waals surface area contributed by atoms with Gasteiger partial charge in [-0.2, -0.15) is 0 Å². The lowest BCUT2D eigenvalue weighted by Crippen LogP contribution is -2.13. The van der Waals surface area contributed by atoms with Crippen LogP contribution in [0.4, 0.5) is 11.4 Å². The quantitative estimate of drug-likeness (QED) is 0.652. The van der Waals surface area contributed by atoms with Gasteiger partial charge in [-0.25, -0.2) is 0 Å². The first-order valence-electron chi connectivity index (χ1n) is 5.92. The van der Waals surface area contributed by atoms with Crippen LogP contribution in [-0.2, 0) is 0 Å². The van der Waals surface area contributed by atoms with Crippen molar-refractivity contribution in [3.05, 3.63) is 33.3 Å². The van der Waals surface area contributed by atoms with Gasteiger partial charge in [0.15, 0.2) is 0 Å². The topological polar surface area (TPSA) is 75.4 Å². The predicted octanol–water partition coefficient (Wildman–Crippen LogP) is 2.82. The van der Waals surface area contributed by atoms with Gasteiger partial charge in [0.25, 0.3) is 5.69 Å². The molecule has 1 fully saturated rings. The van der Waals surface area contributed by atoms with E-state index < -0.39 is 4.92 Å². The Kier molecular flexibility index (Phi) is 4.04. The maximum atomic E-state index is 10.9. The van der Waals surface area contributed by atoms with Crippen LogP contribution in [0.25, 0.3) is 0 Å². The van der Waals surface area contributed by atoms with E-state index in [1.165, 1.54) is 6.07 Å². The molecule has 0 aliphatic heterocycles. The summed E-state index contributed by atoms with van der Waals surface area (Å²) in [5, 5.41) is 23.7. The van der Waals surface area contributed by atoms with Gasteiger partial charge in [0.1, 0.15) is 5.69 Å². The lowest BCUT2D eigenvalue weighted by molar-refractivity contribution is -0.383. The molecule has 0 spiro atoms. The van der Waals surface area contributed by atoms with Crippen LogP contribution in [0.15, 0.2) is 18.2 Å². The zero-order valence-electron chi connectivity index (χ0n) is 9.80. The maximum absolute atomic E-state index is 10.9. The fourth-order valence-electron chi connectivity index (χ4n) is 2.32. The van der Waals surface area contributed by atoms with E-state index >= 15 is 0 Å². The highest BCUT2D eigenvalue weighted by Crippen LogP contribution is 2.33. The number of rotatable bonds is 4. The van der Waals surface area contributed by atoms with Crippen molar-refractivity contribution in [1.29, 1.82) is 0 Å². The molecule has 1 aromatic carbocycles. The van der Waals surface area contributed by atoms with Gasteiger partial charge in [-0.15, -0.1) is 0 Å². The number of nitrogens with one attached hydrogen (secondary N) is 1. The fraction of sp³-hybridized carbons (Fsp3) is 0.500. The Labute approximate surface area is 110 Å². The summed E-state index contributed by atoms with van der Waals surface area (Å²) < 4.78 is 0. The fourth-order valence-corrected chi connectivity index (χ4v) is 2.56. The van der Waals surface area contributed by atoms with Gasteiger partial charge in [0, 0.05) is 12.6 Å². The largest absolute Gasteiger partial charge is 0.393 e. The van der Waals surface area contributed by atoms with Gasteiger partial charge >= 0.3 is 0 Å². The number of aliphatic hydroxyl groups excluding tert-OH is 1.